The highest BCUT2D eigenvalue weighted by Gasteiger charge is 2.26. The van der Waals surface area contributed by atoms with Crippen molar-refractivity contribution in [2.45, 2.75) is 51.7 Å². The van der Waals surface area contributed by atoms with Crippen LogP contribution in [0.5, 0.6) is 0 Å². The van der Waals surface area contributed by atoms with Gasteiger partial charge in [0, 0.05) is 11.1 Å². The Morgan fingerprint density at radius 3 is 2.73 bits per heavy atom. The topological polar surface area (TPSA) is 55.4 Å². The number of nitrogens with one attached hydrogen (secondary N) is 1. The zero-order valence-corrected chi connectivity index (χ0v) is 13.7. The van der Waals surface area contributed by atoms with Crippen molar-refractivity contribution in [3.8, 4) is 0 Å². The van der Waals surface area contributed by atoms with E-state index < -0.39 is 12.1 Å². The first kappa shape index (κ1) is 16.8. The SMILES string of the molecule is C[C@@H](OC(=O)c1cccc(Cl)c1)C(=O)N[C@@H]1CCCC[C@@H]1C. The minimum atomic E-state index is -0.819. The van der Waals surface area contributed by atoms with Gasteiger partial charge in [-0.25, -0.2) is 4.79 Å². The molecule has 0 aliphatic heterocycles. The molecule has 1 fully saturated rings. The smallest absolute Gasteiger partial charge is 0.338 e. The summed E-state index contributed by atoms with van der Waals surface area (Å²) in [5.74, 6) is -0.315. The van der Waals surface area contributed by atoms with Crippen molar-refractivity contribution in [3.05, 3.63) is 34.9 Å². The minimum absolute atomic E-state index is 0.175. The molecule has 0 aromatic heterocycles. The second-order valence-electron chi connectivity index (χ2n) is 5.93. The van der Waals surface area contributed by atoms with E-state index in [0.29, 0.717) is 16.5 Å². The Morgan fingerprint density at radius 2 is 2.05 bits per heavy atom. The van der Waals surface area contributed by atoms with Gasteiger partial charge in [-0.3, -0.25) is 4.79 Å². The van der Waals surface area contributed by atoms with E-state index in [2.05, 4.69) is 12.2 Å². The molecule has 1 amide bonds. The van der Waals surface area contributed by atoms with Crippen molar-refractivity contribution >= 4 is 23.5 Å². The van der Waals surface area contributed by atoms with E-state index in [9.17, 15) is 9.59 Å². The van der Waals surface area contributed by atoms with E-state index >= 15 is 0 Å². The summed E-state index contributed by atoms with van der Waals surface area (Å²) in [4.78, 5) is 24.2. The molecule has 1 aliphatic carbocycles. The molecule has 120 valence electrons. The molecule has 22 heavy (non-hydrogen) atoms. The highest BCUT2D eigenvalue weighted by atomic mass is 35.5. The molecule has 0 heterocycles. The summed E-state index contributed by atoms with van der Waals surface area (Å²) in [5, 5.41) is 3.46. The molecule has 2 rings (SSSR count). The van der Waals surface area contributed by atoms with Crippen LogP contribution < -0.4 is 5.32 Å². The molecule has 0 bridgehead atoms. The van der Waals surface area contributed by atoms with Gasteiger partial charge in [0.05, 0.1) is 5.56 Å². The minimum Gasteiger partial charge on any atom is -0.449 e. The monoisotopic (exact) mass is 323 g/mol. The third-order valence-electron chi connectivity index (χ3n) is 4.15. The molecule has 1 aromatic rings. The average Bonchev–Trinajstić information content (AvgIpc) is 2.49. The Bertz CT molecular complexity index is 546. The van der Waals surface area contributed by atoms with E-state index in [1.54, 1.807) is 25.1 Å². The number of hydrogen-bond donors (Lipinski definition) is 1. The van der Waals surface area contributed by atoms with Crippen molar-refractivity contribution in [3.63, 3.8) is 0 Å². The van der Waals surface area contributed by atoms with Crippen molar-refractivity contribution < 1.29 is 14.3 Å². The van der Waals surface area contributed by atoms with E-state index in [0.717, 1.165) is 19.3 Å². The van der Waals surface area contributed by atoms with Crippen LogP contribution in [0.2, 0.25) is 5.02 Å². The molecule has 0 unspecified atom stereocenters. The van der Waals surface area contributed by atoms with E-state index in [4.69, 9.17) is 16.3 Å². The zero-order chi connectivity index (χ0) is 16.1. The van der Waals surface area contributed by atoms with Crippen LogP contribution in [-0.2, 0) is 9.53 Å². The number of carbonyl (C=O) groups is 2. The Morgan fingerprint density at radius 1 is 1.32 bits per heavy atom. The number of halogens is 1. The Hall–Kier alpha value is -1.55. The second-order valence-corrected chi connectivity index (χ2v) is 6.37. The summed E-state index contributed by atoms with van der Waals surface area (Å²) in [6, 6.07) is 6.67. The van der Waals surface area contributed by atoms with Crippen LogP contribution in [0.4, 0.5) is 0 Å². The fourth-order valence-corrected chi connectivity index (χ4v) is 2.92. The molecule has 3 atom stereocenters. The van der Waals surface area contributed by atoms with Crippen LogP contribution >= 0.6 is 11.6 Å². The summed E-state index contributed by atoms with van der Waals surface area (Å²) in [7, 11) is 0. The van der Waals surface area contributed by atoms with Crippen molar-refractivity contribution in [2.75, 3.05) is 0 Å². The number of esters is 1. The molecule has 1 saturated carbocycles. The lowest BCUT2D eigenvalue weighted by atomic mass is 9.86. The molecular formula is C17H22ClNO3. The normalized spacial score (nSPS) is 22.7. The molecule has 0 spiro atoms. The van der Waals surface area contributed by atoms with Gasteiger partial charge >= 0.3 is 5.97 Å². The van der Waals surface area contributed by atoms with Gasteiger partial charge in [-0.2, -0.15) is 0 Å². The first-order valence-corrected chi connectivity index (χ1v) is 8.12. The van der Waals surface area contributed by atoms with Crippen molar-refractivity contribution in [1.82, 2.24) is 5.32 Å². The molecule has 5 heteroatoms. The highest BCUT2D eigenvalue weighted by molar-refractivity contribution is 6.30. The predicted octanol–water partition coefficient (Wildman–Crippen LogP) is 3.58. The summed E-state index contributed by atoms with van der Waals surface area (Å²) in [6.07, 6.45) is 3.64. The fourth-order valence-electron chi connectivity index (χ4n) is 2.73. The van der Waals surface area contributed by atoms with Gasteiger partial charge in [0.25, 0.3) is 5.91 Å². The van der Waals surface area contributed by atoms with Gasteiger partial charge in [0.15, 0.2) is 6.10 Å². The maximum absolute atomic E-state index is 12.2. The van der Waals surface area contributed by atoms with Gasteiger partial charge in [-0.15, -0.1) is 0 Å². The Balaban J connectivity index is 1.89. The van der Waals surface area contributed by atoms with Crippen molar-refractivity contribution in [1.29, 1.82) is 0 Å². The van der Waals surface area contributed by atoms with Gasteiger partial charge < -0.3 is 10.1 Å². The summed E-state index contributed by atoms with van der Waals surface area (Å²) >= 11 is 5.85. The number of rotatable bonds is 4. The van der Waals surface area contributed by atoms with Gasteiger partial charge in [0.2, 0.25) is 0 Å². The van der Waals surface area contributed by atoms with E-state index in [1.165, 1.54) is 12.5 Å². The lowest BCUT2D eigenvalue weighted by molar-refractivity contribution is -0.130. The molecule has 1 N–H and O–H groups in total. The van der Waals surface area contributed by atoms with Crippen LogP contribution in [0.3, 0.4) is 0 Å². The van der Waals surface area contributed by atoms with E-state index in [1.807, 2.05) is 0 Å². The zero-order valence-electron chi connectivity index (χ0n) is 13.0. The molecular weight excluding hydrogens is 302 g/mol. The van der Waals surface area contributed by atoms with E-state index in [-0.39, 0.29) is 11.9 Å². The molecule has 0 radical (unpaired) electrons. The van der Waals surface area contributed by atoms with Crippen LogP contribution in [-0.4, -0.2) is 24.0 Å². The quantitative estimate of drug-likeness (QED) is 0.862. The summed E-state index contributed by atoms with van der Waals surface area (Å²) < 4.78 is 5.22. The average molecular weight is 324 g/mol. The van der Waals surface area contributed by atoms with Gasteiger partial charge in [-0.05, 0) is 43.9 Å². The fraction of sp³-hybridized carbons (Fsp3) is 0.529. The van der Waals surface area contributed by atoms with Crippen LogP contribution in [0.1, 0.15) is 49.9 Å². The van der Waals surface area contributed by atoms with Gasteiger partial charge in [0.1, 0.15) is 0 Å². The molecule has 1 aromatic carbocycles. The van der Waals surface area contributed by atoms with Crippen LogP contribution in [0.25, 0.3) is 0 Å². The molecule has 0 saturated heterocycles. The Kier molecular flexibility index (Phi) is 5.83. The lowest BCUT2D eigenvalue weighted by Crippen LogP contribution is -2.45. The van der Waals surface area contributed by atoms with Crippen LogP contribution in [0.15, 0.2) is 24.3 Å². The number of benzene rings is 1. The first-order valence-electron chi connectivity index (χ1n) is 7.74. The largest absolute Gasteiger partial charge is 0.449 e. The van der Waals surface area contributed by atoms with Crippen LogP contribution in [0, 0.1) is 5.92 Å². The summed E-state index contributed by atoms with van der Waals surface area (Å²) in [6.45, 7) is 3.73. The third-order valence-corrected chi connectivity index (χ3v) is 4.39. The summed E-state index contributed by atoms with van der Waals surface area (Å²) in [5.41, 5.74) is 0.346. The standard InChI is InChI=1S/C17H22ClNO3/c1-11-6-3-4-9-15(11)19-16(20)12(2)22-17(21)13-7-5-8-14(18)10-13/h5,7-8,10-12,15H,3-4,6,9H2,1-2H3,(H,19,20)/t11-,12+,15+/m0/s1. The number of ether oxygens (including phenoxy) is 1. The predicted molar refractivity (Wildman–Crippen MR) is 85.9 cm³/mol. The number of hydrogen-bond acceptors (Lipinski definition) is 3. The highest BCUT2D eigenvalue weighted by Crippen LogP contribution is 2.23. The first-order chi connectivity index (χ1) is 10.5. The lowest BCUT2D eigenvalue weighted by Gasteiger charge is -2.30. The third kappa shape index (κ3) is 4.47. The molecule has 4 nitrogen and oxygen atoms in total. The Labute approximate surface area is 136 Å². The number of amides is 1. The second kappa shape index (κ2) is 7.63. The number of carbonyl (C=O) groups excluding carboxylic acids is 2. The maximum atomic E-state index is 12.2. The van der Waals surface area contributed by atoms with Crippen molar-refractivity contribution in [2.24, 2.45) is 5.92 Å². The maximum Gasteiger partial charge on any atom is 0.338 e. The van der Waals surface area contributed by atoms with Gasteiger partial charge in [-0.1, -0.05) is 37.4 Å². The molecule has 1 aliphatic rings.